The van der Waals surface area contributed by atoms with Gasteiger partial charge in [0.15, 0.2) is 17.3 Å². The molecule has 0 spiro atoms. The van der Waals surface area contributed by atoms with Gasteiger partial charge >= 0.3 is 5.97 Å². The van der Waals surface area contributed by atoms with Crippen molar-refractivity contribution in [3.05, 3.63) is 76.0 Å². The van der Waals surface area contributed by atoms with Crippen LogP contribution in [0.4, 0.5) is 8.78 Å². The second-order valence-corrected chi connectivity index (χ2v) is 5.31. The second kappa shape index (κ2) is 5.76. The fourth-order valence-corrected chi connectivity index (χ4v) is 2.17. The van der Waals surface area contributed by atoms with Gasteiger partial charge in [-0.3, -0.25) is 0 Å². The Morgan fingerprint density at radius 1 is 1.00 bits per heavy atom. The number of hydrogen-bond donors (Lipinski definition) is 0. The van der Waals surface area contributed by atoms with E-state index in [0.29, 0.717) is 11.1 Å². The summed E-state index contributed by atoms with van der Waals surface area (Å²) in [6.07, 6.45) is 1.36. The van der Waals surface area contributed by atoms with E-state index in [0.717, 1.165) is 23.3 Å². The third-order valence-electron chi connectivity index (χ3n) is 3.62. The van der Waals surface area contributed by atoms with Crippen LogP contribution in [0.15, 0.2) is 47.1 Å². The molecule has 3 rings (SSSR count). The molecule has 0 unspecified atom stereocenters. The number of ether oxygens (including phenoxy) is 1. The Bertz CT molecular complexity index is 869. The SMILES string of the molecule is Cc1ccc(C2=N/C(=C\c3ccc(F)c(F)c3)C(=O)O2)cc1C. The molecule has 23 heavy (non-hydrogen) atoms. The Morgan fingerprint density at radius 2 is 1.78 bits per heavy atom. The summed E-state index contributed by atoms with van der Waals surface area (Å²) in [5.41, 5.74) is 3.25. The highest BCUT2D eigenvalue weighted by molar-refractivity contribution is 6.12. The van der Waals surface area contributed by atoms with Crippen LogP contribution in [0.1, 0.15) is 22.3 Å². The minimum Gasteiger partial charge on any atom is -0.402 e. The van der Waals surface area contributed by atoms with Crippen molar-refractivity contribution < 1.29 is 18.3 Å². The van der Waals surface area contributed by atoms with Gasteiger partial charge in [-0.15, -0.1) is 0 Å². The summed E-state index contributed by atoms with van der Waals surface area (Å²) in [5.74, 6) is -2.35. The van der Waals surface area contributed by atoms with Crippen LogP contribution in [0.5, 0.6) is 0 Å². The maximum Gasteiger partial charge on any atom is 0.363 e. The molecule has 0 aliphatic carbocycles. The van der Waals surface area contributed by atoms with Crippen LogP contribution in [0.3, 0.4) is 0 Å². The summed E-state index contributed by atoms with van der Waals surface area (Å²) >= 11 is 0. The van der Waals surface area contributed by atoms with Gasteiger partial charge in [0.2, 0.25) is 5.90 Å². The van der Waals surface area contributed by atoms with Crippen molar-refractivity contribution >= 4 is 17.9 Å². The molecule has 0 N–H and O–H groups in total. The number of halogens is 2. The monoisotopic (exact) mass is 313 g/mol. The molecule has 0 amide bonds. The van der Waals surface area contributed by atoms with Crippen LogP contribution in [-0.2, 0) is 9.53 Å². The highest BCUT2D eigenvalue weighted by Gasteiger charge is 2.24. The lowest BCUT2D eigenvalue weighted by atomic mass is 10.1. The van der Waals surface area contributed by atoms with Crippen molar-refractivity contribution in [2.24, 2.45) is 4.99 Å². The van der Waals surface area contributed by atoms with Gasteiger partial charge in [-0.1, -0.05) is 12.1 Å². The molecule has 0 aromatic heterocycles. The normalized spacial score (nSPS) is 15.7. The van der Waals surface area contributed by atoms with Gasteiger partial charge in [0.25, 0.3) is 0 Å². The van der Waals surface area contributed by atoms with E-state index in [-0.39, 0.29) is 11.6 Å². The third-order valence-corrected chi connectivity index (χ3v) is 3.62. The molecule has 0 saturated carbocycles. The molecule has 0 radical (unpaired) electrons. The number of esters is 1. The zero-order valence-corrected chi connectivity index (χ0v) is 12.6. The van der Waals surface area contributed by atoms with Gasteiger partial charge in [0.1, 0.15) is 0 Å². The average Bonchev–Trinajstić information content (AvgIpc) is 2.87. The fraction of sp³-hybridized carbons (Fsp3) is 0.111. The smallest absolute Gasteiger partial charge is 0.363 e. The molecular weight excluding hydrogens is 300 g/mol. The molecule has 1 aliphatic heterocycles. The summed E-state index contributed by atoms with van der Waals surface area (Å²) in [7, 11) is 0. The molecule has 1 heterocycles. The first kappa shape index (κ1) is 15.1. The molecule has 2 aromatic rings. The number of carbonyl (C=O) groups is 1. The summed E-state index contributed by atoms with van der Waals surface area (Å²) in [6.45, 7) is 3.93. The Balaban J connectivity index is 1.95. The minimum atomic E-state index is -0.982. The van der Waals surface area contributed by atoms with Gasteiger partial charge in [-0.05, 0) is 60.9 Å². The Hall–Kier alpha value is -2.82. The van der Waals surface area contributed by atoms with E-state index in [1.165, 1.54) is 12.1 Å². The van der Waals surface area contributed by atoms with Crippen LogP contribution in [0.25, 0.3) is 6.08 Å². The number of aliphatic imine (C=N–C) groups is 1. The quantitative estimate of drug-likeness (QED) is 0.622. The second-order valence-electron chi connectivity index (χ2n) is 5.31. The highest BCUT2D eigenvalue weighted by atomic mass is 19.2. The zero-order chi connectivity index (χ0) is 16.6. The van der Waals surface area contributed by atoms with Crippen molar-refractivity contribution in [1.82, 2.24) is 0 Å². The highest BCUT2D eigenvalue weighted by Crippen LogP contribution is 2.21. The summed E-state index contributed by atoms with van der Waals surface area (Å²) in [6, 6.07) is 8.96. The van der Waals surface area contributed by atoms with Crippen LogP contribution in [0, 0.1) is 25.5 Å². The molecule has 3 nitrogen and oxygen atoms in total. The lowest BCUT2D eigenvalue weighted by Gasteiger charge is -2.03. The van der Waals surface area contributed by atoms with Crippen LogP contribution < -0.4 is 0 Å². The number of hydrogen-bond acceptors (Lipinski definition) is 3. The van der Waals surface area contributed by atoms with Gasteiger partial charge < -0.3 is 4.74 Å². The van der Waals surface area contributed by atoms with Gasteiger partial charge in [0, 0.05) is 5.56 Å². The summed E-state index contributed by atoms with van der Waals surface area (Å²) in [5, 5.41) is 0. The van der Waals surface area contributed by atoms with Crippen LogP contribution >= 0.6 is 0 Å². The van der Waals surface area contributed by atoms with Gasteiger partial charge in [-0.25, -0.2) is 18.6 Å². The maximum atomic E-state index is 13.2. The Labute approximate surface area is 131 Å². The first-order valence-electron chi connectivity index (χ1n) is 6.99. The predicted molar refractivity (Wildman–Crippen MR) is 82.9 cm³/mol. The van der Waals surface area contributed by atoms with Crippen molar-refractivity contribution in [1.29, 1.82) is 0 Å². The topological polar surface area (TPSA) is 38.7 Å². The van der Waals surface area contributed by atoms with E-state index in [2.05, 4.69) is 4.99 Å². The van der Waals surface area contributed by atoms with E-state index in [1.807, 2.05) is 32.0 Å². The number of rotatable bonds is 2. The van der Waals surface area contributed by atoms with Crippen LogP contribution in [-0.4, -0.2) is 11.9 Å². The van der Waals surface area contributed by atoms with E-state index in [4.69, 9.17) is 4.74 Å². The van der Waals surface area contributed by atoms with E-state index >= 15 is 0 Å². The van der Waals surface area contributed by atoms with Gasteiger partial charge in [0.05, 0.1) is 0 Å². The number of benzene rings is 2. The molecule has 1 aliphatic rings. The van der Waals surface area contributed by atoms with Crippen molar-refractivity contribution in [2.45, 2.75) is 13.8 Å². The predicted octanol–water partition coefficient (Wildman–Crippen LogP) is 3.93. The average molecular weight is 313 g/mol. The number of aryl methyl sites for hydroxylation is 2. The zero-order valence-electron chi connectivity index (χ0n) is 12.6. The largest absolute Gasteiger partial charge is 0.402 e. The van der Waals surface area contributed by atoms with Crippen molar-refractivity contribution in [3.8, 4) is 0 Å². The lowest BCUT2D eigenvalue weighted by Crippen LogP contribution is -2.05. The lowest BCUT2D eigenvalue weighted by molar-refractivity contribution is -0.129. The van der Waals surface area contributed by atoms with Gasteiger partial charge in [-0.2, -0.15) is 0 Å². The van der Waals surface area contributed by atoms with Crippen molar-refractivity contribution in [2.75, 3.05) is 0 Å². The Kier molecular flexibility index (Phi) is 3.78. The first-order chi connectivity index (χ1) is 10.9. The molecule has 0 atom stereocenters. The summed E-state index contributed by atoms with van der Waals surface area (Å²) in [4.78, 5) is 16.0. The minimum absolute atomic E-state index is 0.0456. The molecule has 0 bridgehead atoms. The summed E-state index contributed by atoms with van der Waals surface area (Å²) < 4.78 is 31.3. The maximum absolute atomic E-state index is 13.2. The fourth-order valence-electron chi connectivity index (χ4n) is 2.17. The van der Waals surface area contributed by atoms with E-state index in [9.17, 15) is 13.6 Å². The van der Waals surface area contributed by atoms with Crippen molar-refractivity contribution in [3.63, 3.8) is 0 Å². The van der Waals surface area contributed by atoms with E-state index < -0.39 is 17.6 Å². The Morgan fingerprint density at radius 3 is 2.48 bits per heavy atom. The molecule has 2 aromatic carbocycles. The molecular formula is C18H13F2NO2. The molecule has 0 fully saturated rings. The number of nitrogens with zero attached hydrogens (tertiary/aromatic N) is 1. The molecule has 116 valence electrons. The molecule has 5 heteroatoms. The van der Waals surface area contributed by atoms with Crippen LogP contribution in [0.2, 0.25) is 0 Å². The number of cyclic esters (lactones) is 1. The van der Waals surface area contributed by atoms with E-state index in [1.54, 1.807) is 0 Å². The molecule has 0 saturated heterocycles. The first-order valence-corrected chi connectivity index (χ1v) is 6.99. The standard InChI is InChI=1S/C18H13F2NO2/c1-10-3-5-13(7-11(10)2)17-21-16(18(22)23-17)9-12-4-6-14(19)15(20)8-12/h3-9H,1-2H3/b16-9-. The number of carbonyl (C=O) groups excluding carboxylic acids is 1. The third kappa shape index (κ3) is 3.04.